The molecule has 0 heterocycles. The van der Waals surface area contributed by atoms with Crippen molar-refractivity contribution in [2.24, 2.45) is 5.92 Å². The van der Waals surface area contributed by atoms with E-state index < -0.39 is 0 Å². The van der Waals surface area contributed by atoms with Gasteiger partial charge in [0.2, 0.25) is 6.54 Å². The van der Waals surface area contributed by atoms with Crippen LogP contribution in [0.25, 0.3) is 0 Å². The van der Waals surface area contributed by atoms with Gasteiger partial charge in [0.15, 0.2) is 0 Å². The van der Waals surface area contributed by atoms with Crippen LogP contribution in [0.5, 0.6) is 0 Å². The van der Waals surface area contributed by atoms with E-state index in [2.05, 4.69) is 0 Å². The summed E-state index contributed by atoms with van der Waals surface area (Å²) in [5.41, 5.74) is 0. The van der Waals surface area contributed by atoms with Crippen molar-refractivity contribution in [3.63, 3.8) is 0 Å². The first kappa shape index (κ1) is 8.36. The van der Waals surface area contributed by atoms with Crippen molar-refractivity contribution in [3.05, 3.63) is 10.1 Å². The highest BCUT2D eigenvalue weighted by Crippen LogP contribution is 1.98. The molecule has 0 aliphatic heterocycles. The molecular weight excluding hydrogens is 122 g/mol. The maximum atomic E-state index is 9.74. The minimum absolute atomic E-state index is 0.0356. The molecule has 0 aromatic rings. The van der Waals surface area contributed by atoms with Crippen molar-refractivity contribution in [3.8, 4) is 0 Å². The number of nitro groups is 1. The minimum atomic E-state index is -0.369. The van der Waals surface area contributed by atoms with Crippen LogP contribution >= 0.6 is 0 Å². The third kappa shape index (κ3) is 5.23. The summed E-state index contributed by atoms with van der Waals surface area (Å²) >= 11 is 0. The van der Waals surface area contributed by atoms with Gasteiger partial charge in [0, 0.05) is 18.0 Å². The molecule has 0 spiro atoms. The van der Waals surface area contributed by atoms with Gasteiger partial charge in [-0.1, -0.05) is 6.92 Å². The zero-order valence-electron chi connectivity index (χ0n) is 5.41. The molecule has 9 heavy (non-hydrogen) atoms. The Labute approximate surface area is 53.6 Å². The van der Waals surface area contributed by atoms with Crippen LogP contribution in [-0.4, -0.2) is 23.2 Å². The van der Waals surface area contributed by atoms with Gasteiger partial charge in [-0.25, -0.2) is 0 Å². The van der Waals surface area contributed by atoms with Gasteiger partial charge in [-0.2, -0.15) is 0 Å². The summed E-state index contributed by atoms with van der Waals surface area (Å²) in [6.45, 7) is 1.78. The summed E-state index contributed by atoms with van der Waals surface area (Å²) in [5.74, 6) is 0.0513. The van der Waals surface area contributed by atoms with Crippen LogP contribution in [0.1, 0.15) is 13.3 Å². The third-order valence-electron chi connectivity index (χ3n) is 1.12. The molecule has 0 bridgehead atoms. The Morgan fingerprint density at radius 2 is 2.33 bits per heavy atom. The summed E-state index contributed by atoms with van der Waals surface area (Å²) in [7, 11) is 0. The first-order chi connectivity index (χ1) is 4.16. The fourth-order valence-corrected chi connectivity index (χ4v) is 0.417. The van der Waals surface area contributed by atoms with Crippen molar-refractivity contribution < 1.29 is 10.0 Å². The third-order valence-corrected chi connectivity index (χ3v) is 1.12. The number of nitrogens with zero attached hydrogens (tertiary/aromatic N) is 1. The molecule has 0 aromatic heterocycles. The van der Waals surface area contributed by atoms with Crippen LogP contribution in [0.3, 0.4) is 0 Å². The molecule has 0 aliphatic rings. The Bertz CT molecular complexity index is 94.2. The average molecular weight is 133 g/mol. The maximum Gasteiger partial charge on any atom is 0.204 e. The summed E-state index contributed by atoms with van der Waals surface area (Å²) in [4.78, 5) is 9.37. The molecular formula is C5H11NO3. The molecule has 1 atom stereocenters. The number of aliphatic hydroxyl groups excluding tert-OH is 1. The molecule has 0 aromatic carbocycles. The molecule has 0 radical (unpaired) electrons. The smallest absolute Gasteiger partial charge is 0.204 e. The summed E-state index contributed by atoms with van der Waals surface area (Å²) in [6.07, 6.45) is 0.462. The molecule has 0 saturated heterocycles. The van der Waals surface area contributed by atoms with E-state index in [0.29, 0.717) is 6.42 Å². The number of hydrogen-bond donors (Lipinski definition) is 1. The van der Waals surface area contributed by atoms with Crippen LogP contribution in [0.4, 0.5) is 0 Å². The zero-order valence-corrected chi connectivity index (χ0v) is 5.41. The van der Waals surface area contributed by atoms with Crippen LogP contribution < -0.4 is 0 Å². The van der Waals surface area contributed by atoms with Crippen LogP contribution in [0.15, 0.2) is 0 Å². The molecule has 0 unspecified atom stereocenters. The van der Waals surface area contributed by atoms with E-state index in [4.69, 9.17) is 5.11 Å². The first-order valence-electron chi connectivity index (χ1n) is 2.89. The van der Waals surface area contributed by atoms with Crippen molar-refractivity contribution in [2.75, 3.05) is 13.2 Å². The molecule has 1 N–H and O–H groups in total. The molecule has 4 nitrogen and oxygen atoms in total. The summed E-state index contributed by atoms with van der Waals surface area (Å²) in [6, 6.07) is 0. The van der Waals surface area contributed by atoms with Crippen molar-refractivity contribution in [1.82, 2.24) is 0 Å². The molecule has 0 aliphatic carbocycles. The van der Waals surface area contributed by atoms with Crippen LogP contribution in [0, 0.1) is 16.0 Å². The molecule has 0 saturated carbocycles. The fraction of sp³-hybridized carbons (Fsp3) is 1.00. The van der Waals surface area contributed by atoms with Crippen LogP contribution in [-0.2, 0) is 0 Å². The van der Waals surface area contributed by atoms with Crippen molar-refractivity contribution >= 4 is 0 Å². The van der Waals surface area contributed by atoms with E-state index in [0.717, 1.165) is 0 Å². The van der Waals surface area contributed by atoms with Gasteiger partial charge >= 0.3 is 0 Å². The average Bonchev–Trinajstić information content (AvgIpc) is 1.83. The molecule has 0 amide bonds. The van der Waals surface area contributed by atoms with Crippen molar-refractivity contribution in [2.45, 2.75) is 13.3 Å². The second kappa shape index (κ2) is 4.26. The van der Waals surface area contributed by atoms with Crippen LogP contribution in [0.2, 0.25) is 0 Å². The summed E-state index contributed by atoms with van der Waals surface area (Å²) in [5, 5.41) is 18.2. The van der Waals surface area contributed by atoms with E-state index in [1.54, 1.807) is 6.92 Å². The fourth-order valence-electron chi connectivity index (χ4n) is 0.417. The predicted molar refractivity (Wildman–Crippen MR) is 32.7 cm³/mol. The van der Waals surface area contributed by atoms with Crippen molar-refractivity contribution in [1.29, 1.82) is 0 Å². The molecule has 54 valence electrons. The Balaban J connectivity index is 3.16. The number of rotatable bonds is 4. The van der Waals surface area contributed by atoms with Gasteiger partial charge in [-0.15, -0.1) is 0 Å². The van der Waals surface area contributed by atoms with Gasteiger partial charge < -0.3 is 5.11 Å². The van der Waals surface area contributed by atoms with Gasteiger partial charge in [0.25, 0.3) is 0 Å². The highest BCUT2D eigenvalue weighted by Gasteiger charge is 2.03. The monoisotopic (exact) mass is 133 g/mol. The second-order valence-corrected chi connectivity index (χ2v) is 2.13. The summed E-state index contributed by atoms with van der Waals surface area (Å²) < 4.78 is 0. The van der Waals surface area contributed by atoms with E-state index in [-0.39, 0.29) is 24.0 Å². The topological polar surface area (TPSA) is 63.4 Å². The largest absolute Gasteiger partial charge is 0.396 e. The Morgan fingerprint density at radius 3 is 2.67 bits per heavy atom. The van der Waals surface area contributed by atoms with E-state index in [1.807, 2.05) is 0 Å². The standard InChI is InChI=1S/C5H11NO3/c1-5(4-7)2-3-6(8)9/h5,7H,2-4H2,1H3/t5-/m1/s1. The van der Waals surface area contributed by atoms with E-state index >= 15 is 0 Å². The Morgan fingerprint density at radius 1 is 1.78 bits per heavy atom. The normalized spacial score (nSPS) is 13.1. The highest BCUT2D eigenvalue weighted by atomic mass is 16.6. The van der Waals surface area contributed by atoms with Gasteiger partial charge in [0.1, 0.15) is 0 Å². The number of aliphatic hydroxyl groups is 1. The maximum absolute atomic E-state index is 9.74. The lowest BCUT2D eigenvalue weighted by Gasteiger charge is -2.01. The Kier molecular flexibility index (Phi) is 3.96. The van der Waals surface area contributed by atoms with Gasteiger partial charge in [0.05, 0.1) is 0 Å². The van der Waals surface area contributed by atoms with Gasteiger partial charge in [-0.3, -0.25) is 10.1 Å². The molecule has 4 heteroatoms. The lowest BCUT2D eigenvalue weighted by atomic mass is 10.1. The second-order valence-electron chi connectivity index (χ2n) is 2.13. The zero-order chi connectivity index (χ0) is 7.28. The van der Waals surface area contributed by atoms with Gasteiger partial charge in [-0.05, 0) is 5.92 Å². The highest BCUT2D eigenvalue weighted by molar-refractivity contribution is 4.46. The predicted octanol–water partition coefficient (Wildman–Crippen LogP) is 0.282. The lowest BCUT2D eigenvalue weighted by Crippen LogP contribution is -2.08. The quantitative estimate of drug-likeness (QED) is 0.442. The number of hydrogen-bond acceptors (Lipinski definition) is 3. The minimum Gasteiger partial charge on any atom is -0.396 e. The van der Waals surface area contributed by atoms with E-state index in [9.17, 15) is 10.1 Å². The first-order valence-corrected chi connectivity index (χ1v) is 2.89. The lowest BCUT2D eigenvalue weighted by molar-refractivity contribution is -0.481. The molecule has 0 fully saturated rings. The van der Waals surface area contributed by atoms with E-state index in [1.165, 1.54) is 0 Å². The Hall–Kier alpha value is -0.640. The molecule has 0 rings (SSSR count). The SMILES string of the molecule is C[C@@H](CO)CC[N+](=O)[O-].